The third-order valence-electron chi connectivity index (χ3n) is 4.51. The summed E-state index contributed by atoms with van der Waals surface area (Å²) in [7, 11) is 0. The molecule has 0 saturated heterocycles. The normalized spacial score (nSPS) is 19.2. The zero-order chi connectivity index (χ0) is 14.6. The molecule has 1 unspecified atom stereocenters. The molecule has 1 saturated carbocycles. The number of aliphatic hydroxyl groups excluding tert-OH is 1. The zero-order valence-electron chi connectivity index (χ0n) is 13.1. The molecule has 20 heavy (non-hydrogen) atoms. The molecule has 112 valence electrons. The molecule has 0 bridgehead atoms. The number of ether oxygens (including phenoxy) is 1. The zero-order valence-corrected chi connectivity index (χ0v) is 13.1. The Hall–Kier alpha value is -1.02. The molecule has 2 heteroatoms. The Kier molecular flexibility index (Phi) is 5.09. The standard InChI is InChI=1S/C18H28O2/c1-4-20-16-10-6-5-9-15(16)17(19)18(13-14(2)3)11-7-8-12-18/h5-6,9-10,14,17,19H,4,7-8,11-13H2,1-3H3. The highest BCUT2D eigenvalue weighted by molar-refractivity contribution is 5.36. The largest absolute Gasteiger partial charge is 0.493 e. The number of rotatable bonds is 6. The fourth-order valence-corrected chi connectivity index (χ4v) is 3.80. The molecular weight excluding hydrogens is 248 g/mol. The molecule has 0 spiro atoms. The third-order valence-corrected chi connectivity index (χ3v) is 4.51. The molecule has 1 atom stereocenters. The average molecular weight is 276 g/mol. The van der Waals surface area contributed by atoms with Gasteiger partial charge in [0.25, 0.3) is 0 Å². The van der Waals surface area contributed by atoms with E-state index in [9.17, 15) is 5.11 Å². The van der Waals surface area contributed by atoms with Gasteiger partial charge in [0.15, 0.2) is 0 Å². The van der Waals surface area contributed by atoms with Crippen molar-refractivity contribution in [2.24, 2.45) is 11.3 Å². The van der Waals surface area contributed by atoms with Crippen LogP contribution >= 0.6 is 0 Å². The predicted octanol–water partition coefficient (Wildman–Crippen LogP) is 4.73. The molecule has 2 rings (SSSR count). The Morgan fingerprint density at radius 2 is 1.85 bits per heavy atom. The van der Waals surface area contributed by atoms with Crippen LogP contribution in [0.1, 0.15) is 64.5 Å². The van der Waals surface area contributed by atoms with E-state index in [0.29, 0.717) is 12.5 Å². The van der Waals surface area contributed by atoms with E-state index in [2.05, 4.69) is 13.8 Å². The first-order valence-electron chi connectivity index (χ1n) is 7.99. The molecule has 0 aliphatic heterocycles. The maximum Gasteiger partial charge on any atom is 0.125 e. The van der Waals surface area contributed by atoms with Crippen LogP contribution in [0.15, 0.2) is 24.3 Å². The monoisotopic (exact) mass is 276 g/mol. The van der Waals surface area contributed by atoms with Gasteiger partial charge in [-0.1, -0.05) is 44.9 Å². The summed E-state index contributed by atoms with van der Waals surface area (Å²) in [4.78, 5) is 0. The van der Waals surface area contributed by atoms with Crippen LogP contribution in [-0.4, -0.2) is 11.7 Å². The minimum Gasteiger partial charge on any atom is -0.493 e. The van der Waals surface area contributed by atoms with Crippen molar-refractivity contribution in [3.05, 3.63) is 29.8 Å². The van der Waals surface area contributed by atoms with Crippen molar-refractivity contribution in [3.8, 4) is 5.75 Å². The van der Waals surface area contributed by atoms with Crippen LogP contribution in [-0.2, 0) is 0 Å². The van der Waals surface area contributed by atoms with Crippen molar-refractivity contribution in [2.45, 2.75) is 59.0 Å². The van der Waals surface area contributed by atoms with Crippen LogP contribution in [0.4, 0.5) is 0 Å². The summed E-state index contributed by atoms with van der Waals surface area (Å²) in [5.41, 5.74) is 1.01. The van der Waals surface area contributed by atoms with E-state index >= 15 is 0 Å². The van der Waals surface area contributed by atoms with Crippen molar-refractivity contribution >= 4 is 0 Å². The van der Waals surface area contributed by atoms with Gasteiger partial charge >= 0.3 is 0 Å². The maximum absolute atomic E-state index is 11.0. The second kappa shape index (κ2) is 6.62. The number of hydrogen-bond acceptors (Lipinski definition) is 2. The lowest BCUT2D eigenvalue weighted by molar-refractivity contribution is 0.00934. The molecule has 1 N–H and O–H groups in total. The fraction of sp³-hybridized carbons (Fsp3) is 0.667. The van der Waals surface area contributed by atoms with E-state index in [0.717, 1.165) is 30.6 Å². The molecule has 1 fully saturated rings. The maximum atomic E-state index is 11.0. The van der Waals surface area contributed by atoms with Gasteiger partial charge in [0, 0.05) is 11.0 Å². The summed E-state index contributed by atoms with van der Waals surface area (Å²) in [5.74, 6) is 1.46. The van der Waals surface area contributed by atoms with Gasteiger partial charge in [0.1, 0.15) is 5.75 Å². The average Bonchev–Trinajstić information content (AvgIpc) is 2.88. The van der Waals surface area contributed by atoms with Crippen molar-refractivity contribution < 1.29 is 9.84 Å². The number of hydrogen-bond donors (Lipinski definition) is 1. The van der Waals surface area contributed by atoms with E-state index in [4.69, 9.17) is 4.74 Å². The Morgan fingerprint density at radius 3 is 2.45 bits per heavy atom. The third kappa shape index (κ3) is 3.17. The van der Waals surface area contributed by atoms with E-state index in [1.54, 1.807) is 0 Å². The summed E-state index contributed by atoms with van der Waals surface area (Å²) in [6.45, 7) is 7.13. The second-order valence-corrected chi connectivity index (χ2v) is 6.54. The Morgan fingerprint density at radius 1 is 1.20 bits per heavy atom. The summed E-state index contributed by atoms with van der Waals surface area (Å²) in [6.07, 6.45) is 5.42. The minimum atomic E-state index is -0.407. The molecule has 1 aliphatic rings. The van der Waals surface area contributed by atoms with Gasteiger partial charge in [-0.05, 0) is 38.2 Å². The minimum absolute atomic E-state index is 0.0430. The van der Waals surface area contributed by atoms with Crippen molar-refractivity contribution in [1.82, 2.24) is 0 Å². The molecule has 0 heterocycles. The van der Waals surface area contributed by atoms with Crippen molar-refractivity contribution in [2.75, 3.05) is 6.61 Å². The number of para-hydroxylation sites is 1. The molecule has 0 amide bonds. The smallest absolute Gasteiger partial charge is 0.125 e. The van der Waals surface area contributed by atoms with Gasteiger partial charge in [-0.15, -0.1) is 0 Å². The summed E-state index contributed by atoms with van der Waals surface area (Å²) in [6, 6.07) is 7.97. The predicted molar refractivity (Wildman–Crippen MR) is 82.9 cm³/mol. The topological polar surface area (TPSA) is 29.5 Å². The fourth-order valence-electron chi connectivity index (χ4n) is 3.80. The van der Waals surface area contributed by atoms with Crippen molar-refractivity contribution in [3.63, 3.8) is 0 Å². The quantitative estimate of drug-likeness (QED) is 0.814. The first kappa shape index (κ1) is 15.4. The Labute approximate surface area is 123 Å². The van der Waals surface area contributed by atoms with Gasteiger partial charge in [-0.25, -0.2) is 0 Å². The lowest BCUT2D eigenvalue weighted by Gasteiger charge is -2.36. The van der Waals surface area contributed by atoms with Crippen LogP contribution < -0.4 is 4.74 Å². The summed E-state index contributed by atoms with van der Waals surface area (Å²) < 4.78 is 5.71. The van der Waals surface area contributed by atoms with Gasteiger partial charge in [-0.3, -0.25) is 0 Å². The highest BCUT2D eigenvalue weighted by Gasteiger charge is 2.42. The van der Waals surface area contributed by atoms with Crippen molar-refractivity contribution in [1.29, 1.82) is 0 Å². The molecule has 0 aromatic heterocycles. The van der Waals surface area contributed by atoms with E-state index in [1.165, 1.54) is 12.8 Å². The summed E-state index contributed by atoms with van der Waals surface area (Å²) >= 11 is 0. The molecule has 1 aromatic carbocycles. The van der Waals surface area contributed by atoms with Crippen LogP contribution in [0.2, 0.25) is 0 Å². The number of benzene rings is 1. The van der Waals surface area contributed by atoms with Gasteiger partial charge < -0.3 is 9.84 Å². The van der Waals surface area contributed by atoms with Gasteiger partial charge in [0.2, 0.25) is 0 Å². The van der Waals surface area contributed by atoms with Gasteiger partial charge in [0.05, 0.1) is 12.7 Å². The molecular formula is C18H28O2. The molecule has 1 aromatic rings. The van der Waals surface area contributed by atoms with E-state index in [-0.39, 0.29) is 5.41 Å². The van der Waals surface area contributed by atoms with E-state index in [1.807, 2.05) is 31.2 Å². The van der Waals surface area contributed by atoms with Crippen LogP contribution in [0.3, 0.4) is 0 Å². The molecule has 0 radical (unpaired) electrons. The lowest BCUT2D eigenvalue weighted by atomic mass is 9.72. The van der Waals surface area contributed by atoms with Crippen LogP contribution in [0, 0.1) is 11.3 Å². The first-order valence-corrected chi connectivity index (χ1v) is 7.99. The molecule has 1 aliphatic carbocycles. The summed E-state index contributed by atoms with van der Waals surface area (Å²) in [5, 5.41) is 11.0. The SMILES string of the molecule is CCOc1ccccc1C(O)C1(CC(C)C)CCCC1. The van der Waals surface area contributed by atoms with Crippen LogP contribution in [0.5, 0.6) is 5.75 Å². The number of aliphatic hydroxyl groups is 1. The molecule has 2 nitrogen and oxygen atoms in total. The van der Waals surface area contributed by atoms with Gasteiger partial charge in [-0.2, -0.15) is 0 Å². The lowest BCUT2D eigenvalue weighted by Crippen LogP contribution is -2.28. The Bertz CT molecular complexity index is 419. The van der Waals surface area contributed by atoms with E-state index < -0.39 is 6.10 Å². The highest BCUT2D eigenvalue weighted by Crippen LogP contribution is 2.52. The van der Waals surface area contributed by atoms with Crippen LogP contribution in [0.25, 0.3) is 0 Å². The first-order chi connectivity index (χ1) is 9.59. The Balaban J connectivity index is 2.30. The second-order valence-electron chi connectivity index (χ2n) is 6.54. The highest BCUT2D eigenvalue weighted by atomic mass is 16.5.